The third kappa shape index (κ3) is 2.35. The lowest BCUT2D eigenvalue weighted by molar-refractivity contribution is 0.353. The molecule has 3 nitrogen and oxygen atoms in total. The van der Waals surface area contributed by atoms with Gasteiger partial charge in [-0.3, -0.25) is 4.68 Å². The lowest BCUT2D eigenvalue weighted by Crippen LogP contribution is -2.32. The van der Waals surface area contributed by atoms with Crippen molar-refractivity contribution < 1.29 is 0 Å². The molecular formula is C17H25N3. The smallest absolute Gasteiger partial charge is 0.0706 e. The first-order valence-electron chi connectivity index (χ1n) is 7.84. The summed E-state index contributed by atoms with van der Waals surface area (Å²) in [4.78, 5) is 0. The van der Waals surface area contributed by atoms with Crippen LogP contribution in [0.5, 0.6) is 0 Å². The topological polar surface area (TPSA) is 29.9 Å². The van der Waals surface area contributed by atoms with Crippen LogP contribution in [0.4, 0.5) is 0 Å². The number of aryl methyl sites for hydroxylation is 1. The average Bonchev–Trinajstić information content (AvgIpc) is 2.95. The Bertz CT molecular complexity index is 587. The fourth-order valence-corrected chi connectivity index (χ4v) is 3.77. The third-order valence-electron chi connectivity index (χ3n) is 4.98. The van der Waals surface area contributed by atoms with Crippen molar-refractivity contribution in [2.75, 3.05) is 6.54 Å². The number of aromatic nitrogens is 2. The van der Waals surface area contributed by atoms with Crippen LogP contribution >= 0.6 is 0 Å². The molecule has 1 N–H and O–H groups in total. The summed E-state index contributed by atoms with van der Waals surface area (Å²) in [5.74, 6) is 1.51. The van der Waals surface area contributed by atoms with Gasteiger partial charge < -0.3 is 5.32 Å². The molecule has 0 radical (unpaired) electrons. The van der Waals surface area contributed by atoms with Crippen molar-refractivity contribution in [2.45, 2.75) is 39.2 Å². The fourth-order valence-electron chi connectivity index (χ4n) is 3.77. The first kappa shape index (κ1) is 13.6. The van der Waals surface area contributed by atoms with Gasteiger partial charge in [0.25, 0.3) is 0 Å². The van der Waals surface area contributed by atoms with Crippen LogP contribution in [0.2, 0.25) is 0 Å². The molecule has 1 aromatic heterocycles. The zero-order chi connectivity index (χ0) is 14.1. The number of nitrogens with zero attached hydrogens (tertiary/aromatic N) is 2. The third-order valence-corrected chi connectivity index (χ3v) is 4.98. The largest absolute Gasteiger partial charge is 0.314 e. The standard InChI is InChI=1S/C17H25N3/c1-4-18-15-10-9-13(12(15)2)11-16-14-7-5-6-8-17(14)20(3)19-16/h5-8,12-13,15,18H,4,9-11H2,1-3H3. The Morgan fingerprint density at radius 1 is 1.30 bits per heavy atom. The van der Waals surface area contributed by atoms with Crippen molar-refractivity contribution in [3.05, 3.63) is 30.0 Å². The molecule has 0 spiro atoms. The van der Waals surface area contributed by atoms with E-state index in [-0.39, 0.29) is 0 Å². The number of para-hydroxylation sites is 1. The summed E-state index contributed by atoms with van der Waals surface area (Å²) in [6.45, 7) is 5.68. The number of hydrogen-bond donors (Lipinski definition) is 1. The Morgan fingerprint density at radius 3 is 2.90 bits per heavy atom. The van der Waals surface area contributed by atoms with Crippen molar-refractivity contribution in [1.29, 1.82) is 0 Å². The molecule has 0 aliphatic heterocycles. The van der Waals surface area contributed by atoms with Crippen molar-refractivity contribution in [3.63, 3.8) is 0 Å². The number of nitrogens with one attached hydrogen (secondary N) is 1. The summed E-state index contributed by atoms with van der Waals surface area (Å²) in [6, 6.07) is 9.27. The second kappa shape index (κ2) is 5.57. The molecule has 3 heteroatoms. The van der Waals surface area contributed by atoms with Gasteiger partial charge in [0.15, 0.2) is 0 Å². The molecule has 1 aliphatic rings. The van der Waals surface area contributed by atoms with E-state index in [9.17, 15) is 0 Å². The Morgan fingerprint density at radius 2 is 2.10 bits per heavy atom. The van der Waals surface area contributed by atoms with Crippen LogP contribution in [-0.2, 0) is 13.5 Å². The molecule has 1 aromatic carbocycles. The van der Waals surface area contributed by atoms with Gasteiger partial charge >= 0.3 is 0 Å². The van der Waals surface area contributed by atoms with Crippen molar-refractivity contribution in [1.82, 2.24) is 15.1 Å². The predicted molar refractivity (Wildman–Crippen MR) is 83.8 cm³/mol. The minimum Gasteiger partial charge on any atom is -0.314 e. The van der Waals surface area contributed by atoms with Gasteiger partial charge in [-0.15, -0.1) is 0 Å². The predicted octanol–water partition coefficient (Wildman–Crippen LogP) is 3.14. The Kier molecular flexibility index (Phi) is 3.79. The molecule has 2 aromatic rings. The van der Waals surface area contributed by atoms with Gasteiger partial charge in [-0.25, -0.2) is 0 Å². The van der Waals surface area contributed by atoms with Gasteiger partial charge in [-0.05, 0) is 43.7 Å². The monoisotopic (exact) mass is 271 g/mol. The van der Waals surface area contributed by atoms with E-state index in [1.54, 1.807) is 0 Å². The Balaban J connectivity index is 1.80. The molecule has 20 heavy (non-hydrogen) atoms. The maximum absolute atomic E-state index is 4.75. The van der Waals surface area contributed by atoms with E-state index in [0.29, 0.717) is 6.04 Å². The zero-order valence-electron chi connectivity index (χ0n) is 12.8. The van der Waals surface area contributed by atoms with E-state index >= 15 is 0 Å². The van der Waals surface area contributed by atoms with E-state index in [2.05, 4.69) is 43.4 Å². The quantitative estimate of drug-likeness (QED) is 0.926. The lowest BCUT2D eigenvalue weighted by Gasteiger charge is -2.20. The number of fused-ring (bicyclic) bond motifs is 1. The van der Waals surface area contributed by atoms with Gasteiger partial charge in [-0.1, -0.05) is 32.0 Å². The molecule has 0 amide bonds. The van der Waals surface area contributed by atoms with Crippen molar-refractivity contribution in [3.8, 4) is 0 Å². The van der Waals surface area contributed by atoms with Crippen LogP contribution in [0.25, 0.3) is 10.9 Å². The minimum absolute atomic E-state index is 0.694. The van der Waals surface area contributed by atoms with E-state index in [1.807, 2.05) is 11.7 Å². The Hall–Kier alpha value is -1.35. The molecule has 1 aliphatic carbocycles. The second-order valence-corrected chi connectivity index (χ2v) is 6.15. The SMILES string of the molecule is CCNC1CCC(Cc2nn(C)c3ccccc23)C1C. The maximum atomic E-state index is 4.75. The molecule has 3 rings (SSSR count). The highest BCUT2D eigenvalue weighted by atomic mass is 15.3. The molecule has 3 unspecified atom stereocenters. The van der Waals surface area contributed by atoms with Crippen LogP contribution < -0.4 is 5.32 Å². The highest BCUT2D eigenvalue weighted by molar-refractivity contribution is 5.81. The molecule has 0 bridgehead atoms. The first-order chi connectivity index (χ1) is 9.70. The summed E-state index contributed by atoms with van der Waals surface area (Å²) >= 11 is 0. The molecule has 1 fully saturated rings. The van der Waals surface area contributed by atoms with Crippen LogP contribution in [0.1, 0.15) is 32.4 Å². The second-order valence-electron chi connectivity index (χ2n) is 6.15. The van der Waals surface area contributed by atoms with Crippen LogP contribution in [0.15, 0.2) is 24.3 Å². The van der Waals surface area contributed by atoms with Crippen molar-refractivity contribution in [2.24, 2.45) is 18.9 Å². The summed E-state index contributed by atoms with van der Waals surface area (Å²) in [6.07, 6.45) is 3.75. The van der Waals surface area contributed by atoms with Crippen LogP contribution in [0, 0.1) is 11.8 Å². The first-order valence-corrected chi connectivity index (χ1v) is 7.84. The zero-order valence-corrected chi connectivity index (χ0v) is 12.8. The van der Waals surface area contributed by atoms with Gasteiger partial charge in [0.05, 0.1) is 11.2 Å². The number of rotatable bonds is 4. The van der Waals surface area contributed by atoms with E-state index in [0.717, 1.165) is 24.8 Å². The summed E-state index contributed by atoms with van der Waals surface area (Å²) in [7, 11) is 2.05. The average molecular weight is 271 g/mol. The highest BCUT2D eigenvalue weighted by Gasteiger charge is 2.32. The molecular weight excluding hydrogens is 246 g/mol. The number of benzene rings is 1. The number of hydrogen-bond acceptors (Lipinski definition) is 2. The van der Waals surface area contributed by atoms with Gasteiger partial charge in [-0.2, -0.15) is 5.10 Å². The van der Waals surface area contributed by atoms with Gasteiger partial charge in [0.1, 0.15) is 0 Å². The van der Waals surface area contributed by atoms with Gasteiger partial charge in [0.2, 0.25) is 0 Å². The van der Waals surface area contributed by atoms with Crippen LogP contribution in [-0.4, -0.2) is 22.4 Å². The summed E-state index contributed by atoms with van der Waals surface area (Å²) in [5, 5.41) is 9.71. The fraction of sp³-hybridized carbons (Fsp3) is 0.588. The molecule has 0 saturated heterocycles. The molecule has 1 saturated carbocycles. The maximum Gasteiger partial charge on any atom is 0.0706 e. The molecule has 108 valence electrons. The van der Waals surface area contributed by atoms with Gasteiger partial charge in [0, 0.05) is 18.5 Å². The van der Waals surface area contributed by atoms with E-state index in [1.165, 1.54) is 29.4 Å². The summed E-state index contributed by atoms with van der Waals surface area (Å²) in [5.41, 5.74) is 2.52. The lowest BCUT2D eigenvalue weighted by atomic mass is 9.90. The van der Waals surface area contributed by atoms with E-state index in [4.69, 9.17) is 5.10 Å². The molecule has 1 heterocycles. The summed E-state index contributed by atoms with van der Waals surface area (Å²) < 4.78 is 2.02. The molecule has 3 atom stereocenters. The van der Waals surface area contributed by atoms with Crippen LogP contribution in [0.3, 0.4) is 0 Å². The highest BCUT2D eigenvalue weighted by Crippen LogP contribution is 2.35. The van der Waals surface area contributed by atoms with E-state index < -0.39 is 0 Å². The Labute approximate surface area is 121 Å². The minimum atomic E-state index is 0.694. The normalized spacial score (nSPS) is 26.4. The van der Waals surface area contributed by atoms with Crippen molar-refractivity contribution >= 4 is 10.9 Å².